The summed E-state index contributed by atoms with van der Waals surface area (Å²) in [6, 6.07) is 15.4. The third-order valence-corrected chi connectivity index (χ3v) is 6.39. The molecule has 1 spiro atoms. The third-order valence-electron chi connectivity index (χ3n) is 5.89. The van der Waals surface area contributed by atoms with E-state index in [4.69, 9.17) is 25.4 Å². The molecule has 0 aliphatic carbocycles. The van der Waals surface area contributed by atoms with Gasteiger partial charge in [0.25, 0.3) is 6.02 Å². The number of carboxylic acids is 1. The van der Waals surface area contributed by atoms with Crippen LogP contribution in [0.4, 0.5) is 8.78 Å². The number of halogens is 3. The van der Waals surface area contributed by atoms with E-state index in [9.17, 15) is 13.6 Å². The van der Waals surface area contributed by atoms with Crippen LogP contribution in [0.3, 0.4) is 0 Å². The van der Waals surface area contributed by atoms with Crippen molar-refractivity contribution in [2.45, 2.75) is 5.54 Å². The van der Waals surface area contributed by atoms with Crippen molar-refractivity contribution >= 4 is 27.9 Å². The van der Waals surface area contributed by atoms with Crippen LogP contribution in [0.1, 0.15) is 21.5 Å². The molecule has 2 aliphatic heterocycles. The zero-order valence-corrected chi connectivity index (χ0v) is 20.8. The van der Waals surface area contributed by atoms with E-state index in [2.05, 4.69) is 30.9 Å². The van der Waals surface area contributed by atoms with E-state index in [-0.39, 0.29) is 29.8 Å². The Kier molecular flexibility index (Phi) is 6.41. The molecule has 4 N–H and O–H groups in total. The minimum absolute atomic E-state index is 0.0103. The number of rotatable bonds is 2. The van der Waals surface area contributed by atoms with Gasteiger partial charge >= 0.3 is 5.97 Å². The predicted molar refractivity (Wildman–Crippen MR) is 135 cm³/mol. The number of nitrogens with two attached hydrogens (primary N) is 1. The summed E-state index contributed by atoms with van der Waals surface area (Å²) in [7, 11) is 0. The lowest BCUT2D eigenvalue weighted by atomic mass is 9.81. The number of nitrogens with zero attached hydrogens (tertiary/aromatic N) is 3. The van der Waals surface area contributed by atoms with Crippen molar-refractivity contribution in [3.05, 3.63) is 99.9 Å². The normalized spacial score (nSPS) is 16.8. The van der Waals surface area contributed by atoms with Gasteiger partial charge in [0, 0.05) is 21.8 Å². The van der Waals surface area contributed by atoms with Crippen LogP contribution in [0.5, 0.6) is 17.4 Å². The average Bonchev–Trinajstić information content (AvgIpc) is 3.28. The van der Waals surface area contributed by atoms with Crippen molar-refractivity contribution in [1.29, 1.82) is 0 Å². The number of aliphatic imine (C=N–C) groups is 1. The molecular formula is C26H17BrF2N4O5. The summed E-state index contributed by atoms with van der Waals surface area (Å²) in [4.78, 5) is 22.4. The monoisotopic (exact) mass is 582 g/mol. The van der Waals surface area contributed by atoms with E-state index in [0.29, 0.717) is 32.5 Å². The highest BCUT2D eigenvalue weighted by atomic mass is 79.9. The fraction of sp³-hybridized carbons (Fsp3) is 0.0769. The lowest BCUT2D eigenvalue weighted by Crippen LogP contribution is -2.31. The maximum absolute atomic E-state index is 14.2. The summed E-state index contributed by atoms with van der Waals surface area (Å²) in [5.74, 6) is -2.08. The maximum Gasteiger partial charge on any atom is 0.339 e. The molecule has 0 saturated carbocycles. The number of aromatic nitrogens is 2. The highest BCUT2D eigenvalue weighted by molar-refractivity contribution is 9.10. The van der Waals surface area contributed by atoms with Crippen LogP contribution in [-0.4, -0.2) is 38.8 Å². The molecule has 0 bridgehead atoms. The largest absolute Gasteiger partial charge is 0.507 e. The Morgan fingerprint density at radius 3 is 2.58 bits per heavy atom. The first-order valence-corrected chi connectivity index (χ1v) is 11.8. The van der Waals surface area contributed by atoms with E-state index >= 15 is 0 Å². The van der Waals surface area contributed by atoms with Crippen LogP contribution >= 0.6 is 15.9 Å². The average molecular weight is 583 g/mol. The first-order chi connectivity index (χ1) is 18.2. The molecule has 0 saturated heterocycles. The number of fused-ring (bicyclic) bond motifs is 4. The minimum Gasteiger partial charge on any atom is -0.507 e. The van der Waals surface area contributed by atoms with E-state index in [1.165, 1.54) is 24.4 Å². The first-order valence-electron chi connectivity index (χ1n) is 11.0. The predicted octanol–water partition coefficient (Wildman–Crippen LogP) is 4.97. The lowest BCUT2D eigenvalue weighted by molar-refractivity contribution is 0.0693. The number of benzene rings is 2. The number of ether oxygens (including phenoxy) is 2. The number of phenols is 1. The van der Waals surface area contributed by atoms with Gasteiger partial charge < -0.3 is 25.4 Å². The lowest BCUT2D eigenvalue weighted by Gasteiger charge is -2.32. The Morgan fingerprint density at radius 1 is 1.08 bits per heavy atom. The highest BCUT2D eigenvalue weighted by Crippen LogP contribution is 2.51. The molecule has 0 radical (unpaired) electrons. The molecular weight excluding hydrogens is 566 g/mol. The van der Waals surface area contributed by atoms with Gasteiger partial charge in [0.15, 0.2) is 5.54 Å². The molecule has 1 unspecified atom stereocenters. The van der Waals surface area contributed by atoms with Crippen molar-refractivity contribution in [2.75, 3.05) is 6.61 Å². The topological polar surface area (TPSA) is 140 Å². The van der Waals surface area contributed by atoms with Gasteiger partial charge in [-0.1, -0.05) is 22.0 Å². The zero-order valence-electron chi connectivity index (χ0n) is 19.2. The molecule has 9 nitrogen and oxygen atoms in total. The second kappa shape index (κ2) is 9.71. The van der Waals surface area contributed by atoms with Crippen LogP contribution in [0, 0.1) is 11.9 Å². The van der Waals surface area contributed by atoms with Gasteiger partial charge in [0.1, 0.15) is 23.7 Å². The zero-order chi connectivity index (χ0) is 27.0. The first kappa shape index (κ1) is 25.1. The summed E-state index contributed by atoms with van der Waals surface area (Å²) < 4.78 is 39.6. The molecule has 2 aliphatic rings. The SMILES string of the molecule is NC1=NC2(CO1)c1cc(-c3cccnc3F)ccc1Oc1nc(F)ccc12.O=C(O)c1cc(Br)ccc1O. The van der Waals surface area contributed by atoms with E-state index in [0.717, 1.165) is 0 Å². The van der Waals surface area contributed by atoms with Crippen LogP contribution in [-0.2, 0) is 10.3 Å². The van der Waals surface area contributed by atoms with Gasteiger partial charge in [-0.05, 0) is 60.2 Å². The summed E-state index contributed by atoms with van der Waals surface area (Å²) in [6.07, 6.45) is 1.38. The van der Waals surface area contributed by atoms with Crippen molar-refractivity contribution in [3.8, 4) is 28.5 Å². The van der Waals surface area contributed by atoms with E-state index < -0.39 is 23.4 Å². The molecule has 1 atom stereocenters. The number of carbonyl (C=O) groups is 1. The van der Waals surface area contributed by atoms with Gasteiger partial charge in [-0.3, -0.25) is 0 Å². The number of aromatic hydroxyl groups is 1. The van der Waals surface area contributed by atoms with Gasteiger partial charge in [0.2, 0.25) is 17.8 Å². The number of carboxylic acid groups (broad SMARTS) is 1. The molecule has 2 aromatic heterocycles. The molecule has 12 heteroatoms. The van der Waals surface area contributed by atoms with E-state index in [1.54, 1.807) is 42.5 Å². The Balaban J connectivity index is 0.000000226. The maximum atomic E-state index is 14.2. The molecule has 6 rings (SSSR count). The molecule has 2 aromatic carbocycles. The Hall–Kier alpha value is -4.58. The fourth-order valence-electron chi connectivity index (χ4n) is 4.16. The van der Waals surface area contributed by atoms with E-state index in [1.807, 2.05) is 0 Å². The minimum atomic E-state index is -1.14. The second-order valence-electron chi connectivity index (χ2n) is 8.21. The number of pyridine rings is 2. The summed E-state index contributed by atoms with van der Waals surface area (Å²) in [6.45, 7) is 0.106. The molecule has 0 fully saturated rings. The quantitative estimate of drug-likeness (QED) is 0.281. The van der Waals surface area contributed by atoms with Gasteiger partial charge in [-0.15, -0.1) is 0 Å². The van der Waals surface area contributed by atoms with Gasteiger partial charge in [-0.2, -0.15) is 13.8 Å². The van der Waals surface area contributed by atoms with Crippen molar-refractivity contribution < 1.29 is 33.3 Å². The second-order valence-corrected chi connectivity index (χ2v) is 9.12. The Labute approximate surface area is 222 Å². The summed E-state index contributed by atoms with van der Waals surface area (Å²) in [5, 5.41) is 17.5. The van der Waals surface area contributed by atoms with Crippen molar-refractivity contribution in [1.82, 2.24) is 9.97 Å². The highest BCUT2D eigenvalue weighted by Gasteiger charge is 2.47. The Bertz CT molecular complexity index is 1620. The van der Waals surface area contributed by atoms with Gasteiger partial charge in [0.05, 0.1) is 5.56 Å². The molecule has 192 valence electrons. The van der Waals surface area contributed by atoms with Crippen LogP contribution in [0.25, 0.3) is 11.1 Å². The van der Waals surface area contributed by atoms with Crippen molar-refractivity contribution in [3.63, 3.8) is 0 Å². The Morgan fingerprint density at radius 2 is 1.89 bits per heavy atom. The summed E-state index contributed by atoms with van der Waals surface area (Å²) >= 11 is 3.09. The van der Waals surface area contributed by atoms with Crippen LogP contribution < -0.4 is 10.5 Å². The number of aromatic carboxylic acids is 1. The standard InChI is InChI=1S/C19H12F2N4O2.C7H5BrO3/c20-15-6-4-12-17(24-15)27-14-5-3-10(11-2-1-7-23-16(11)21)8-13(14)19(12)9-26-18(22)25-19;8-4-1-2-6(9)5(3-4)7(10)11/h1-8H,9H2,(H2,22,25);1-3,9H,(H,10,11). The molecule has 0 amide bonds. The van der Waals surface area contributed by atoms with Crippen LogP contribution in [0.2, 0.25) is 0 Å². The van der Waals surface area contributed by atoms with Gasteiger partial charge in [-0.25, -0.2) is 14.8 Å². The molecule has 4 aromatic rings. The molecule has 38 heavy (non-hydrogen) atoms. The van der Waals surface area contributed by atoms with Crippen molar-refractivity contribution in [2.24, 2.45) is 10.7 Å². The van der Waals surface area contributed by atoms with Crippen LogP contribution in [0.15, 0.2) is 76.3 Å². The number of amidine groups is 1. The molecule has 4 heterocycles. The summed E-state index contributed by atoms with van der Waals surface area (Å²) in [5.41, 5.74) is 6.74. The number of hydrogen-bond donors (Lipinski definition) is 3. The third kappa shape index (κ3) is 4.50. The smallest absolute Gasteiger partial charge is 0.339 e. The fourth-order valence-corrected chi connectivity index (χ4v) is 4.52. The number of hydrogen-bond acceptors (Lipinski definition) is 8.